The van der Waals surface area contributed by atoms with Crippen molar-refractivity contribution < 1.29 is 37.0 Å². The third-order valence-electron chi connectivity index (χ3n) is 25.3. The van der Waals surface area contributed by atoms with Crippen LogP contribution >= 0.6 is 23.2 Å². The Morgan fingerprint density at radius 3 is 1.16 bits per heavy atom. The molecule has 13 N–H and O–H groups in total. The molecule has 9 aliphatic rings. The number of methoxy groups -OCH3 is 1. The van der Waals surface area contributed by atoms with Crippen molar-refractivity contribution in [2.24, 2.45) is 0 Å². The highest BCUT2D eigenvalue weighted by Gasteiger charge is 2.33. The number of ether oxygens (including phenoxy) is 2. The molecule has 4 saturated heterocycles. The van der Waals surface area contributed by atoms with Gasteiger partial charge in [-0.25, -0.2) is 38.1 Å². The molecular weight excluding hydrogens is 1880 g/mol. The van der Waals surface area contributed by atoms with Crippen LogP contribution in [0.15, 0.2) is 218 Å². The maximum atomic E-state index is 13.6. The summed E-state index contributed by atoms with van der Waals surface area (Å²) < 4.78 is 60.5. The monoisotopic (exact) mass is 1980 g/mol. The van der Waals surface area contributed by atoms with Gasteiger partial charge in [-0.05, 0) is 225 Å². The average molecular weight is 1980 g/mol. The van der Waals surface area contributed by atoms with Gasteiger partial charge in [0.2, 0.25) is 17.7 Å². The fourth-order valence-electron chi connectivity index (χ4n) is 17.1. The molecule has 144 heavy (non-hydrogen) atoms. The van der Waals surface area contributed by atoms with Crippen molar-refractivity contribution in [3.8, 4) is 5.75 Å². The van der Waals surface area contributed by atoms with Gasteiger partial charge in [0, 0.05) is 164 Å². The number of aryl methyl sites for hydroxylation is 3. The van der Waals surface area contributed by atoms with Crippen molar-refractivity contribution in [1.29, 1.82) is 0 Å². The van der Waals surface area contributed by atoms with Crippen molar-refractivity contribution in [2.45, 2.75) is 173 Å². The number of anilines is 15. The molecule has 15 aromatic rings. The summed E-state index contributed by atoms with van der Waals surface area (Å²) in [6.45, 7) is 26.1. The van der Waals surface area contributed by atoms with Gasteiger partial charge >= 0.3 is 0 Å². The molecule has 5 saturated carbocycles. The number of amides is 3. The van der Waals surface area contributed by atoms with E-state index in [-0.39, 0.29) is 53.9 Å². The van der Waals surface area contributed by atoms with Gasteiger partial charge in [0.1, 0.15) is 81.4 Å². The van der Waals surface area contributed by atoms with Crippen LogP contribution in [0.5, 0.6) is 5.75 Å². The van der Waals surface area contributed by atoms with E-state index in [2.05, 4.69) is 179 Å². The second-order valence-corrected chi connectivity index (χ2v) is 38.4. The third-order valence-corrected chi connectivity index (χ3v) is 26.0. The normalized spacial score (nSPS) is 18.2. The number of fused-ring (bicyclic) bond motifs is 5. The number of nitrogens with zero attached hydrogens (tertiary/aromatic N) is 16. The van der Waals surface area contributed by atoms with Gasteiger partial charge in [-0.3, -0.25) is 19.3 Å². The lowest BCUT2D eigenvalue weighted by atomic mass is 10.0. The molecule has 14 heterocycles. The minimum atomic E-state index is -0.679. The first-order chi connectivity index (χ1) is 69.5. The number of rotatable bonds is 26. The van der Waals surface area contributed by atoms with E-state index >= 15 is 0 Å². The molecule has 5 aromatic carbocycles. The number of benzene rings is 5. The van der Waals surface area contributed by atoms with Gasteiger partial charge in [-0.15, -0.1) is 0 Å². The third kappa shape index (κ3) is 23.1. The second kappa shape index (κ2) is 41.0. The largest absolute Gasteiger partial charge is 0.497 e. The van der Waals surface area contributed by atoms with Crippen molar-refractivity contribution in [2.75, 3.05) is 73.4 Å². The molecule has 10 aromatic heterocycles. The quantitative estimate of drug-likeness (QED) is 0.0239. The number of aromatic nitrogens is 15. The molecule has 738 valence electrons. The Hall–Kier alpha value is -15.9. The van der Waals surface area contributed by atoms with Gasteiger partial charge in [-0.1, -0.05) is 61.1 Å². The Morgan fingerprint density at radius 1 is 0.410 bits per heavy atom. The van der Waals surface area contributed by atoms with Gasteiger partial charge in [0.05, 0.1) is 80.3 Å². The summed E-state index contributed by atoms with van der Waals surface area (Å²) in [6.07, 6.45) is 27.3. The van der Waals surface area contributed by atoms with Crippen molar-refractivity contribution in [1.82, 2.24) is 93.8 Å². The first-order valence-electron chi connectivity index (χ1n) is 48.0. The molecular formula is C105H108Cl2F3N29O5. The predicted molar refractivity (Wildman–Crippen MR) is 557 cm³/mol. The number of morpholine rings is 1. The lowest BCUT2D eigenvalue weighted by Crippen LogP contribution is -2.46. The van der Waals surface area contributed by atoms with Crippen LogP contribution in [0.3, 0.4) is 0 Å². The number of carbonyl (C=O) groups excluding carboxylic acids is 3. The Labute approximate surface area is 837 Å². The smallest absolute Gasteiger partial charge is 0.228 e. The minimum absolute atomic E-state index is 0.0424. The van der Waals surface area contributed by atoms with Crippen LogP contribution in [-0.4, -0.2) is 158 Å². The molecule has 0 radical (unpaired) electrons. The first-order valence-corrected chi connectivity index (χ1v) is 48.8. The summed E-state index contributed by atoms with van der Waals surface area (Å²) in [5, 5.41) is 65.5. The summed E-state index contributed by atoms with van der Waals surface area (Å²) in [5.41, 5.74) is 18.3. The number of nitrogens with one attached hydrogen (secondary N) is 13. The summed E-state index contributed by atoms with van der Waals surface area (Å²) in [6, 6.07) is 41.7. The zero-order chi connectivity index (χ0) is 99.8. The van der Waals surface area contributed by atoms with Gasteiger partial charge in [0.15, 0.2) is 28.2 Å². The van der Waals surface area contributed by atoms with Crippen molar-refractivity contribution in [3.05, 3.63) is 284 Å². The zero-order valence-electron chi connectivity index (χ0n) is 80.3. The maximum absolute atomic E-state index is 13.6. The lowest BCUT2D eigenvalue weighted by Gasteiger charge is -2.39. The molecule has 24 rings (SSSR count). The van der Waals surface area contributed by atoms with E-state index in [1.807, 2.05) is 121 Å². The van der Waals surface area contributed by atoms with Crippen molar-refractivity contribution in [3.63, 3.8) is 0 Å². The summed E-state index contributed by atoms with van der Waals surface area (Å²) >= 11 is 12.2. The summed E-state index contributed by atoms with van der Waals surface area (Å²) in [5.74, 6) is 6.45. The molecule has 39 heteroatoms. The zero-order valence-corrected chi connectivity index (χ0v) is 81.8. The fraction of sp³-hybridized carbons (Fsp3) is 0.286. The van der Waals surface area contributed by atoms with Crippen LogP contribution < -0.4 is 73.9 Å². The van der Waals surface area contributed by atoms with Gasteiger partial charge < -0.3 is 78.6 Å². The average Bonchev–Trinajstić information content (AvgIpc) is 1.62. The van der Waals surface area contributed by atoms with E-state index in [4.69, 9.17) is 42.6 Å². The molecule has 34 nitrogen and oxygen atoms in total. The number of hydrogen-bond donors (Lipinski definition) is 13. The Morgan fingerprint density at radius 2 is 0.778 bits per heavy atom. The number of allylic oxidation sites excluding steroid dienone is 3. The lowest BCUT2D eigenvalue weighted by molar-refractivity contribution is -0.119. The van der Waals surface area contributed by atoms with Crippen LogP contribution in [0.4, 0.5) is 99.8 Å². The Balaban J connectivity index is 0.000000111. The van der Waals surface area contributed by atoms with Crippen molar-refractivity contribution >= 4 is 174 Å². The highest BCUT2D eigenvalue weighted by molar-refractivity contribution is 6.33. The number of carbonyl (C=O) groups is 3. The van der Waals surface area contributed by atoms with Gasteiger partial charge in [-0.2, -0.15) is 48.1 Å². The van der Waals surface area contributed by atoms with Crippen LogP contribution in [-0.2, 0) is 19.1 Å². The highest BCUT2D eigenvalue weighted by Crippen LogP contribution is 2.39. The van der Waals surface area contributed by atoms with Crippen LogP contribution in [0.1, 0.15) is 149 Å². The molecule has 3 amide bonds. The molecule has 4 aliphatic heterocycles. The van der Waals surface area contributed by atoms with Crippen LogP contribution in [0.2, 0.25) is 10.0 Å². The van der Waals surface area contributed by atoms with E-state index in [1.54, 1.807) is 57.6 Å². The second-order valence-electron chi connectivity index (χ2n) is 37.6. The molecule has 0 spiro atoms. The molecule has 0 bridgehead atoms. The summed E-state index contributed by atoms with van der Waals surface area (Å²) in [7, 11) is 1.64. The topological polar surface area (TPSA) is 380 Å². The Kier molecular flexibility index (Phi) is 27.2. The molecule has 9 fully saturated rings. The van der Waals surface area contributed by atoms with Crippen LogP contribution in [0, 0.1) is 38.2 Å². The number of hydrogen-bond acceptors (Lipinski definition) is 26. The molecule has 3 unspecified atom stereocenters. The minimum Gasteiger partial charge on any atom is -0.497 e. The first kappa shape index (κ1) is 95.7. The number of halogens is 5. The summed E-state index contributed by atoms with van der Waals surface area (Å²) in [4.78, 5) is 61.2. The van der Waals surface area contributed by atoms with Gasteiger partial charge in [0.25, 0.3) is 0 Å². The van der Waals surface area contributed by atoms with E-state index in [0.29, 0.717) is 111 Å². The van der Waals surface area contributed by atoms with Crippen LogP contribution in [0.25, 0.3) is 46.5 Å². The van der Waals surface area contributed by atoms with E-state index in [0.717, 1.165) is 195 Å². The molecule has 3 atom stereocenters. The highest BCUT2D eigenvalue weighted by atomic mass is 35.5. The standard InChI is InChI=1S/C29H35N7O2.C22H22N6O2.C21H18F2N6O.C17H18ClN5.C16H15ClFN5/c1-17-15-35(16-18(2)38-17)20(4)21-6-5-7-25(11-21)32-26-13-27(33-24-8-9-24)36-29(34-26)23(14-30-36)10-22-12-28(37)31-19(22)3;1-13-14(9-21(29)24-13)8-15-12-23-28-20(26-16-6-7-16)11-19(27-22(15)28)25-17-4-3-5-18(10-17)30-2;1-11-12(5-20(30)25-11)4-13-10-24-29-19(27-16-2-3-16)9-18(28-21(13)29)26-17-7-14(22)6-15(23)8-17;1-10-7-13(5-6-14(10)18)20-15-8-16(21-12-3-4-12)23-17(22-15)11(2)9-19-23;1-9-8-19-23-15(20-11-3-4-11)7-14(22-16(9)23)21-13-5-2-10(18)6-12(13)17/h5-7,10-11,13-14,17-18,20,24,33H,3,8-9,12,15-16H2,1-2,4H3,(H,31,37)(H,32,34);3-5,8,10-12,16,26H,1,6-7,9H2,2H3,(H,24,29)(H,25,27);4,6-10,16,27H,1-3,5H2,(H,25,30)(H,26,28);5-9,12,21H,3-4H2,1-2H3,(H,20,22);2,5-8,11,20H,3-4H2,1H3,(H,21,22)/b22-10+;14-8+;12-4+;;. The fourth-order valence-corrected chi connectivity index (χ4v) is 17.4. The van der Waals surface area contributed by atoms with E-state index < -0.39 is 11.6 Å². The van der Waals surface area contributed by atoms with E-state index in [1.165, 1.54) is 42.7 Å². The maximum Gasteiger partial charge on any atom is 0.228 e. The Bertz CT molecular complexity index is 7640. The SMILES string of the molecule is C=C1NC(=O)C/C1=C\c1cnn2c(NC3CC3)cc(Nc3cc(F)cc(F)c3)nc12.C=C1NC(=O)C/C1=C\c1cnn2c(NC3CC3)cc(Nc3cccc(C(C)N4CC(C)OC(C)C4)c3)nc12.C=C1NC(=O)C/C1=C\c1cnn2c(NC3CC3)cc(Nc3cccc(OC)c3)nc12.Cc1cc(Nc2cc(NC3CC3)n3ncc(C)c3n2)ccc1Cl.Cc1cnn2c(NC3CC3)cc(Nc3ccc(F)cc3Cl)nc12. The van der Waals surface area contributed by atoms with E-state index in [9.17, 15) is 27.6 Å². The molecule has 5 aliphatic carbocycles. The predicted octanol–water partition coefficient (Wildman–Crippen LogP) is 20.3.